The molecule has 0 radical (unpaired) electrons. The van der Waals surface area contributed by atoms with E-state index in [1.807, 2.05) is 20.8 Å². The molecule has 0 aliphatic heterocycles. The summed E-state index contributed by atoms with van der Waals surface area (Å²) >= 11 is 0. The van der Waals surface area contributed by atoms with Gasteiger partial charge in [0.15, 0.2) is 0 Å². The lowest BCUT2D eigenvalue weighted by Crippen LogP contribution is -2.39. The molecule has 0 fully saturated rings. The Morgan fingerprint density at radius 3 is 2.21 bits per heavy atom. The molecule has 0 saturated carbocycles. The van der Waals surface area contributed by atoms with Crippen molar-refractivity contribution in [3.05, 3.63) is 0 Å². The summed E-state index contributed by atoms with van der Waals surface area (Å²) in [5, 5.41) is 9.90. The van der Waals surface area contributed by atoms with E-state index in [9.17, 15) is 5.11 Å². The van der Waals surface area contributed by atoms with Gasteiger partial charge in [-0.3, -0.25) is 0 Å². The normalized spacial score (nSPS) is 14.8. The molecule has 1 unspecified atom stereocenters. The van der Waals surface area contributed by atoms with Gasteiger partial charge in [0.1, 0.15) is 0 Å². The van der Waals surface area contributed by atoms with Crippen molar-refractivity contribution in [1.29, 1.82) is 0 Å². The van der Waals surface area contributed by atoms with Crippen LogP contribution in [0.5, 0.6) is 0 Å². The van der Waals surface area contributed by atoms with Crippen molar-refractivity contribution in [1.82, 2.24) is 0 Å². The number of aliphatic hydroxyl groups is 1. The summed E-state index contributed by atoms with van der Waals surface area (Å²) in [5.41, 5.74) is -0.397. The molecule has 0 saturated heterocycles. The SMILES string of the molecule is CCOC(C)(C)C(O)CCCC(C)C. The maximum absolute atomic E-state index is 9.90. The minimum atomic E-state index is -0.397. The van der Waals surface area contributed by atoms with E-state index < -0.39 is 5.60 Å². The Bertz CT molecular complexity index is 141. The van der Waals surface area contributed by atoms with Crippen LogP contribution in [-0.4, -0.2) is 23.4 Å². The molecule has 0 rings (SSSR count). The summed E-state index contributed by atoms with van der Waals surface area (Å²) < 4.78 is 5.50. The van der Waals surface area contributed by atoms with Gasteiger partial charge in [-0.05, 0) is 33.1 Å². The van der Waals surface area contributed by atoms with E-state index in [0.29, 0.717) is 6.61 Å². The molecule has 0 amide bonds. The molecule has 0 aromatic rings. The average Bonchev–Trinajstić information content (AvgIpc) is 2.03. The minimum Gasteiger partial charge on any atom is -0.390 e. The molecule has 0 aromatic heterocycles. The molecule has 2 heteroatoms. The maximum atomic E-state index is 9.90. The Kier molecular flexibility index (Phi) is 6.38. The second-order valence-corrected chi connectivity index (χ2v) is 4.88. The first kappa shape index (κ1) is 13.9. The van der Waals surface area contributed by atoms with Gasteiger partial charge in [0.2, 0.25) is 0 Å². The lowest BCUT2D eigenvalue weighted by molar-refractivity contribution is -0.0993. The molecule has 14 heavy (non-hydrogen) atoms. The zero-order valence-corrected chi connectivity index (χ0v) is 10.3. The van der Waals surface area contributed by atoms with Gasteiger partial charge in [0.25, 0.3) is 0 Å². The van der Waals surface area contributed by atoms with Crippen LogP contribution in [0.4, 0.5) is 0 Å². The predicted octanol–water partition coefficient (Wildman–Crippen LogP) is 2.99. The molecule has 0 aliphatic rings. The van der Waals surface area contributed by atoms with E-state index in [-0.39, 0.29) is 6.10 Å². The summed E-state index contributed by atoms with van der Waals surface area (Å²) in [7, 11) is 0. The fourth-order valence-corrected chi connectivity index (χ4v) is 1.54. The van der Waals surface area contributed by atoms with E-state index >= 15 is 0 Å². The van der Waals surface area contributed by atoms with Crippen molar-refractivity contribution in [2.24, 2.45) is 5.92 Å². The Hall–Kier alpha value is -0.0800. The lowest BCUT2D eigenvalue weighted by atomic mass is 9.95. The first-order valence-electron chi connectivity index (χ1n) is 5.72. The highest BCUT2D eigenvalue weighted by atomic mass is 16.5. The van der Waals surface area contributed by atoms with E-state index in [2.05, 4.69) is 13.8 Å². The summed E-state index contributed by atoms with van der Waals surface area (Å²) in [5.74, 6) is 0.720. The Morgan fingerprint density at radius 1 is 1.21 bits per heavy atom. The third-order valence-corrected chi connectivity index (χ3v) is 2.58. The van der Waals surface area contributed by atoms with Gasteiger partial charge in [-0.1, -0.05) is 26.7 Å². The molecular formula is C12H26O2. The van der Waals surface area contributed by atoms with Gasteiger partial charge in [-0.25, -0.2) is 0 Å². The van der Waals surface area contributed by atoms with Crippen molar-refractivity contribution < 1.29 is 9.84 Å². The standard InChI is InChI=1S/C12H26O2/c1-6-14-12(4,5)11(13)9-7-8-10(2)3/h10-11,13H,6-9H2,1-5H3. The third kappa shape index (κ3) is 5.61. The van der Waals surface area contributed by atoms with Crippen molar-refractivity contribution in [2.45, 2.75) is 65.6 Å². The van der Waals surface area contributed by atoms with Gasteiger partial charge in [-0.2, -0.15) is 0 Å². The molecule has 2 nitrogen and oxygen atoms in total. The van der Waals surface area contributed by atoms with Gasteiger partial charge < -0.3 is 9.84 Å². The summed E-state index contributed by atoms with van der Waals surface area (Å²) in [4.78, 5) is 0. The van der Waals surface area contributed by atoms with E-state index in [1.165, 1.54) is 6.42 Å². The lowest BCUT2D eigenvalue weighted by Gasteiger charge is -2.30. The topological polar surface area (TPSA) is 29.5 Å². The van der Waals surface area contributed by atoms with Crippen LogP contribution in [0.1, 0.15) is 53.9 Å². The second kappa shape index (κ2) is 6.41. The Morgan fingerprint density at radius 2 is 1.79 bits per heavy atom. The summed E-state index contributed by atoms with van der Waals surface area (Å²) in [6, 6.07) is 0. The molecule has 0 bridgehead atoms. The average molecular weight is 202 g/mol. The fraction of sp³-hybridized carbons (Fsp3) is 1.00. The molecule has 86 valence electrons. The predicted molar refractivity (Wildman–Crippen MR) is 60.4 cm³/mol. The molecule has 0 aliphatic carbocycles. The van der Waals surface area contributed by atoms with Crippen LogP contribution in [0.2, 0.25) is 0 Å². The first-order chi connectivity index (χ1) is 6.40. The summed E-state index contributed by atoms with van der Waals surface area (Å²) in [6.45, 7) is 10.9. The van der Waals surface area contributed by atoms with Gasteiger partial charge in [0, 0.05) is 6.61 Å². The first-order valence-corrected chi connectivity index (χ1v) is 5.72. The van der Waals surface area contributed by atoms with Crippen LogP contribution in [0, 0.1) is 5.92 Å². The number of aliphatic hydroxyl groups excluding tert-OH is 1. The Balaban J connectivity index is 3.76. The Labute approximate surface area is 88.7 Å². The van der Waals surface area contributed by atoms with Gasteiger partial charge in [0.05, 0.1) is 11.7 Å². The zero-order valence-electron chi connectivity index (χ0n) is 10.3. The third-order valence-electron chi connectivity index (χ3n) is 2.58. The van der Waals surface area contributed by atoms with Crippen molar-refractivity contribution in [3.8, 4) is 0 Å². The van der Waals surface area contributed by atoms with Crippen LogP contribution >= 0.6 is 0 Å². The second-order valence-electron chi connectivity index (χ2n) is 4.88. The molecule has 0 spiro atoms. The smallest absolute Gasteiger partial charge is 0.0884 e. The van der Waals surface area contributed by atoms with Crippen LogP contribution in [0.3, 0.4) is 0 Å². The summed E-state index contributed by atoms with van der Waals surface area (Å²) in [6.07, 6.45) is 2.75. The van der Waals surface area contributed by atoms with Crippen LogP contribution in [0.15, 0.2) is 0 Å². The van der Waals surface area contributed by atoms with E-state index in [4.69, 9.17) is 4.74 Å². The van der Waals surface area contributed by atoms with Crippen LogP contribution in [-0.2, 0) is 4.74 Å². The highest BCUT2D eigenvalue weighted by Crippen LogP contribution is 2.20. The molecular weight excluding hydrogens is 176 g/mol. The number of rotatable bonds is 7. The van der Waals surface area contributed by atoms with Crippen LogP contribution < -0.4 is 0 Å². The van der Waals surface area contributed by atoms with Crippen molar-refractivity contribution >= 4 is 0 Å². The number of hydrogen-bond acceptors (Lipinski definition) is 2. The monoisotopic (exact) mass is 202 g/mol. The fourth-order valence-electron chi connectivity index (χ4n) is 1.54. The van der Waals surface area contributed by atoms with Gasteiger partial charge in [-0.15, -0.1) is 0 Å². The number of ether oxygens (including phenoxy) is 1. The maximum Gasteiger partial charge on any atom is 0.0884 e. The van der Waals surface area contributed by atoms with Crippen molar-refractivity contribution in [3.63, 3.8) is 0 Å². The minimum absolute atomic E-state index is 0.346. The van der Waals surface area contributed by atoms with E-state index in [1.54, 1.807) is 0 Å². The molecule has 1 N–H and O–H groups in total. The largest absolute Gasteiger partial charge is 0.390 e. The highest BCUT2D eigenvalue weighted by Gasteiger charge is 2.27. The molecule has 0 aromatic carbocycles. The molecule has 1 atom stereocenters. The van der Waals surface area contributed by atoms with E-state index in [0.717, 1.165) is 18.8 Å². The van der Waals surface area contributed by atoms with Gasteiger partial charge >= 0.3 is 0 Å². The highest BCUT2D eigenvalue weighted by molar-refractivity contribution is 4.78. The molecule has 0 heterocycles. The van der Waals surface area contributed by atoms with Crippen molar-refractivity contribution in [2.75, 3.05) is 6.61 Å². The zero-order chi connectivity index (χ0) is 11.2. The van der Waals surface area contributed by atoms with Crippen LogP contribution in [0.25, 0.3) is 0 Å². The number of hydrogen-bond donors (Lipinski definition) is 1. The quantitative estimate of drug-likeness (QED) is 0.687.